The zero-order valence-electron chi connectivity index (χ0n) is 14.7. The second-order valence-corrected chi connectivity index (χ2v) is 6.48. The zero-order chi connectivity index (χ0) is 18.9. The normalized spacial score (nSPS) is 10.4. The van der Waals surface area contributed by atoms with E-state index in [1.807, 2.05) is 12.1 Å². The first-order valence-electron chi connectivity index (χ1n) is 8.45. The molecule has 0 aliphatic carbocycles. The molecule has 2 rings (SSSR count). The van der Waals surface area contributed by atoms with Crippen LogP contribution in [0.4, 0.5) is 4.39 Å². The Kier molecular flexibility index (Phi) is 7.60. The van der Waals surface area contributed by atoms with E-state index in [4.69, 9.17) is 11.6 Å². The molecule has 0 saturated heterocycles. The molecule has 1 N–H and O–H groups in total. The maximum Gasteiger partial charge on any atom is 0.221 e. The van der Waals surface area contributed by atoms with Crippen molar-refractivity contribution >= 4 is 23.4 Å². The summed E-state index contributed by atoms with van der Waals surface area (Å²) < 4.78 is 12.8. The highest BCUT2D eigenvalue weighted by atomic mass is 35.5. The van der Waals surface area contributed by atoms with Crippen LogP contribution in [0.1, 0.15) is 24.5 Å². The van der Waals surface area contributed by atoms with Gasteiger partial charge in [-0.3, -0.25) is 9.59 Å². The first-order chi connectivity index (χ1) is 12.4. The van der Waals surface area contributed by atoms with Crippen LogP contribution in [0.3, 0.4) is 0 Å². The van der Waals surface area contributed by atoms with Crippen LogP contribution in [0, 0.1) is 5.82 Å². The fourth-order valence-electron chi connectivity index (χ4n) is 2.48. The average molecular weight is 377 g/mol. The number of halogens is 2. The van der Waals surface area contributed by atoms with Gasteiger partial charge in [0.05, 0.1) is 0 Å². The molecule has 138 valence electrons. The lowest BCUT2D eigenvalue weighted by Gasteiger charge is -2.21. The number of carbonyl (C=O) groups excluding carboxylic acids is 2. The van der Waals surface area contributed by atoms with E-state index >= 15 is 0 Å². The number of nitrogens with zero attached hydrogens (tertiary/aromatic N) is 1. The van der Waals surface area contributed by atoms with Crippen molar-refractivity contribution < 1.29 is 14.0 Å². The molecule has 0 unspecified atom stereocenters. The SMILES string of the molecule is CC(=O)N(CCC(=O)NCCc1ccc(F)cc1)Cc1ccc(Cl)cc1. The minimum Gasteiger partial charge on any atom is -0.356 e. The van der Waals surface area contributed by atoms with Gasteiger partial charge in [0.25, 0.3) is 0 Å². The number of hydrogen-bond acceptors (Lipinski definition) is 2. The van der Waals surface area contributed by atoms with E-state index in [0.717, 1.165) is 11.1 Å². The van der Waals surface area contributed by atoms with Gasteiger partial charge in [-0.25, -0.2) is 4.39 Å². The van der Waals surface area contributed by atoms with E-state index in [2.05, 4.69) is 5.32 Å². The molecule has 2 aromatic rings. The molecule has 0 saturated carbocycles. The Labute approximate surface area is 158 Å². The highest BCUT2D eigenvalue weighted by molar-refractivity contribution is 6.30. The van der Waals surface area contributed by atoms with Gasteiger partial charge in [-0.1, -0.05) is 35.9 Å². The van der Waals surface area contributed by atoms with E-state index in [1.165, 1.54) is 19.1 Å². The standard InChI is InChI=1S/C20H22ClFN2O2/c1-15(25)24(14-17-2-6-18(21)7-3-17)13-11-20(26)23-12-10-16-4-8-19(22)9-5-16/h2-9H,10-14H2,1H3,(H,23,26). The van der Waals surface area contributed by atoms with E-state index in [9.17, 15) is 14.0 Å². The Balaban J connectivity index is 1.75. The van der Waals surface area contributed by atoms with Crippen molar-refractivity contribution in [1.82, 2.24) is 10.2 Å². The molecule has 0 bridgehead atoms. The summed E-state index contributed by atoms with van der Waals surface area (Å²) in [6.07, 6.45) is 0.865. The lowest BCUT2D eigenvalue weighted by Crippen LogP contribution is -2.34. The third kappa shape index (κ3) is 6.84. The minimum atomic E-state index is -0.275. The molecule has 0 radical (unpaired) electrons. The van der Waals surface area contributed by atoms with E-state index < -0.39 is 0 Å². The molecule has 0 atom stereocenters. The Bertz CT molecular complexity index is 732. The van der Waals surface area contributed by atoms with Crippen molar-refractivity contribution in [1.29, 1.82) is 0 Å². The number of amides is 2. The second-order valence-electron chi connectivity index (χ2n) is 6.04. The van der Waals surface area contributed by atoms with Gasteiger partial charge >= 0.3 is 0 Å². The Morgan fingerprint density at radius 2 is 1.65 bits per heavy atom. The van der Waals surface area contributed by atoms with Gasteiger partial charge in [0.2, 0.25) is 11.8 Å². The first kappa shape index (κ1) is 19.9. The Hall–Kier alpha value is -2.40. The highest BCUT2D eigenvalue weighted by Crippen LogP contribution is 2.12. The molecular formula is C20H22ClFN2O2. The molecule has 26 heavy (non-hydrogen) atoms. The molecule has 0 aliphatic rings. The van der Waals surface area contributed by atoms with Crippen LogP contribution < -0.4 is 5.32 Å². The van der Waals surface area contributed by atoms with E-state index in [0.29, 0.717) is 31.1 Å². The van der Waals surface area contributed by atoms with Gasteiger partial charge in [-0.05, 0) is 41.8 Å². The van der Waals surface area contributed by atoms with Crippen LogP contribution in [0.2, 0.25) is 5.02 Å². The molecule has 0 aromatic heterocycles. The topological polar surface area (TPSA) is 49.4 Å². The molecule has 0 aliphatic heterocycles. The van der Waals surface area contributed by atoms with E-state index in [-0.39, 0.29) is 24.1 Å². The maximum atomic E-state index is 12.8. The second kappa shape index (κ2) is 9.92. The summed E-state index contributed by atoms with van der Waals surface area (Å²) in [7, 11) is 0. The van der Waals surface area contributed by atoms with Crippen LogP contribution in [-0.2, 0) is 22.6 Å². The van der Waals surface area contributed by atoms with Crippen molar-refractivity contribution in [2.75, 3.05) is 13.1 Å². The highest BCUT2D eigenvalue weighted by Gasteiger charge is 2.12. The van der Waals surface area contributed by atoms with E-state index in [1.54, 1.807) is 29.2 Å². The Morgan fingerprint density at radius 1 is 1.04 bits per heavy atom. The average Bonchev–Trinajstić information content (AvgIpc) is 2.61. The Morgan fingerprint density at radius 3 is 2.27 bits per heavy atom. The van der Waals surface area contributed by atoms with Gasteiger partial charge in [0.15, 0.2) is 0 Å². The molecule has 0 heterocycles. The summed E-state index contributed by atoms with van der Waals surface area (Å²) in [5.74, 6) is -0.476. The van der Waals surface area contributed by atoms with Crippen LogP contribution >= 0.6 is 11.6 Å². The smallest absolute Gasteiger partial charge is 0.221 e. The molecule has 4 nitrogen and oxygen atoms in total. The summed E-state index contributed by atoms with van der Waals surface area (Å²) in [6, 6.07) is 13.5. The number of hydrogen-bond donors (Lipinski definition) is 1. The molecule has 6 heteroatoms. The number of nitrogens with one attached hydrogen (secondary N) is 1. The van der Waals surface area contributed by atoms with Crippen molar-refractivity contribution in [2.45, 2.75) is 26.3 Å². The van der Waals surface area contributed by atoms with Crippen LogP contribution in [0.5, 0.6) is 0 Å². The third-order valence-electron chi connectivity index (χ3n) is 3.99. The number of benzene rings is 2. The van der Waals surface area contributed by atoms with Gasteiger partial charge in [0, 0.05) is 38.0 Å². The van der Waals surface area contributed by atoms with Crippen molar-refractivity contribution in [3.05, 3.63) is 70.5 Å². The quantitative estimate of drug-likeness (QED) is 0.765. The zero-order valence-corrected chi connectivity index (χ0v) is 15.4. The predicted octanol–water partition coefficient (Wildman–Crippen LogP) is 3.58. The van der Waals surface area contributed by atoms with Gasteiger partial charge < -0.3 is 10.2 Å². The summed E-state index contributed by atoms with van der Waals surface area (Å²) >= 11 is 5.86. The summed E-state index contributed by atoms with van der Waals surface area (Å²) in [5, 5.41) is 3.47. The fraction of sp³-hybridized carbons (Fsp3) is 0.300. The predicted molar refractivity (Wildman–Crippen MR) is 100 cm³/mol. The number of rotatable bonds is 8. The van der Waals surface area contributed by atoms with Crippen molar-refractivity contribution in [3.8, 4) is 0 Å². The lowest BCUT2D eigenvalue weighted by molar-refractivity contribution is -0.130. The van der Waals surface area contributed by atoms with Crippen LogP contribution in [0.25, 0.3) is 0 Å². The number of carbonyl (C=O) groups is 2. The summed E-state index contributed by atoms with van der Waals surface area (Å²) in [4.78, 5) is 25.4. The molecule has 0 fully saturated rings. The lowest BCUT2D eigenvalue weighted by atomic mass is 10.1. The summed E-state index contributed by atoms with van der Waals surface area (Å²) in [6.45, 7) is 2.75. The maximum absolute atomic E-state index is 12.8. The molecule has 0 spiro atoms. The molecular weight excluding hydrogens is 355 g/mol. The van der Waals surface area contributed by atoms with Crippen molar-refractivity contribution in [2.24, 2.45) is 0 Å². The van der Waals surface area contributed by atoms with Crippen LogP contribution in [-0.4, -0.2) is 29.8 Å². The van der Waals surface area contributed by atoms with Crippen LogP contribution in [0.15, 0.2) is 48.5 Å². The monoisotopic (exact) mass is 376 g/mol. The first-order valence-corrected chi connectivity index (χ1v) is 8.83. The molecule has 2 aromatic carbocycles. The van der Waals surface area contributed by atoms with Gasteiger partial charge in [-0.15, -0.1) is 0 Å². The summed E-state index contributed by atoms with van der Waals surface area (Å²) in [5.41, 5.74) is 1.92. The molecule has 2 amide bonds. The van der Waals surface area contributed by atoms with Gasteiger partial charge in [-0.2, -0.15) is 0 Å². The third-order valence-corrected chi connectivity index (χ3v) is 4.24. The minimum absolute atomic E-state index is 0.0842. The van der Waals surface area contributed by atoms with Gasteiger partial charge in [0.1, 0.15) is 5.82 Å². The van der Waals surface area contributed by atoms with Crippen molar-refractivity contribution in [3.63, 3.8) is 0 Å². The largest absolute Gasteiger partial charge is 0.356 e. The fourth-order valence-corrected chi connectivity index (χ4v) is 2.61.